The predicted molar refractivity (Wildman–Crippen MR) is 117 cm³/mol. The van der Waals surface area contributed by atoms with Crippen molar-refractivity contribution in [2.45, 2.75) is 27.2 Å². The first-order valence-electron chi connectivity index (χ1n) is 9.82. The SMILES string of the molecule is CC(C)(C)Cc1cc2nc3ccnc4c5cc6ccccc6cc5c(c1)c2n34. The Bertz CT molecular complexity index is 1520. The van der Waals surface area contributed by atoms with Crippen molar-refractivity contribution in [2.24, 2.45) is 5.41 Å². The van der Waals surface area contributed by atoms with Gasteiger partial charge >= 0.3 is 0 Å². The molecule has 0 atom stereocenters. The summed E-state index contributed by atoms with van der Waals surface area (Å²) in [5.74, 6) is 0. The van der Waals surface area contributed by atoms with E-state index in [0.29, 0.717) is 0 Å². The zero-order valence-electron chi connectivity index (χ0n) is 16.3. The van der Waals surface area contributed by atoms with Crippen LogP contribution in [0, 0.1) is 5.41 Å². The van der Waals surface area contributed by atoms with Crippen molar-refractivity contribution in [2.75, 3.05) is 0 Å². The van der Waals surface area contributed by atoms with E-state index in [0.717, 1.165) is 23.2 Å². The Balaban J connectivity index is 1.87. The van der Waals surface area contributed by atoms with E-state index in [1.807, 2.05) is 12.3 Å². The minimum absolute atomic E-state index is 0.229. The summed E-state index contributed by atoms with van der Waals surface area (Å²) in [4.78, 5) is 9.69. The molecule has 6 rings (SSSR count). The summed E-state index contributed by atoms with van der Waals surface area (Å²) < 4.78 is 2.22. The second-order valence-electron chi connectivity index (χ2n) is 9.07. The first-order valence-corrected chi connectivity index (χ1v) is 9.82. The number of benzene rings is 3. The van der Waals surface area contributed by atoms with E-state index in [9.17, 15) is 0 Å². The Hall–Kier alpha value is -3.20. The second kappa shape index (κ2) is 5.20. The summed E-state index contributed by atoms with van der Waals surface area (Å²) in [7, 11) is 0. The van der Waals surface area contributed by atoms with Crippen LogP contribution in [0.4, 0.5) is 0 Å². The molecule has 28 heavy (non-hydrogen) atoms. The van der Waals surface area contributed by atoms with Crippen molar-refractivity contribution in [3.8, 4) is 0 Å². The summed E-state index contributed by atoms with van der Waals surface area (Å²) in [6, 6.07) is 19.8. The molecule has 6 aromatic rings. The third-order valence-electron chi connectivity index (χ3n) is 5.62. The quantitative estimate of drug-likeness (QED) is 0.251. The van der Waals surface area contributed by atoms with E-state index in [-0.39, 0.29) is 5.41 Å². The van der Waals surface area contributed by atoms with Gasteiger partial charge in [-0.2, -0.15) is 0 Å². The number of imidazole rings is 1. The number of nitrogens with zero attached hydrogens (tertiary/aromatic N) is 3. The Labute approximate surface area is 163 Å². The van der Waals surface area contributed by atoms with E-state index >= 15 is 0 Å². The van der Waals surface area contributed by atoms with Crippen LogP contribution in [0.1, 0.15) is 26.3 Å². The largest absolute Gasteiger partial charge is 0.276 e. The predicted octanol–water partition coefficient (Wildman–Crippen LogP) is 6.37. The van der Waals surface area contributed by atoms with Gasteiger partial charge < -0.3 is 0 Å². The third kappa shape index (κ3) is 2.16. The molecule has 0 N–H and O–H groups in total. The maximum Gasteiger partial charge on any atom is 0.146 e. The summed E-state index contributed by atoms with van der Waals surface area (Å²) in [5, 5.41) is 6.21. The fraction of sp³-hybridized carbons (Fsp3) is 0.200. The average molecular weight is 363 g/mol. The molecule has 0 aliphatic carbocycles. The van der Waals surface area contributed by atoms with Crippen molar-refractivity contribution < 1.29 is 0 Å². The number of fused-ring (bicyclic) bond motifs is 4. The fourth-order valence-corrected chi connectivity index (χ4v) is 4.60. The molecule has 0 amide bonds. The van der Waals surface area contributed by atoms with Crippen LogP contribution in [0.2, 0.25) is 0 Å². The lowest BCUT2D eigenvalue weighted by molar-refractivity contribution is 0.411. The maximum absolute atomic E-state index is 4.94. The summed E-state index contributed by atoms with van der Waals surface area (Å²) in [5.41, 5.74) is 5.76. The standard InChI is InChI=1S/C25H21N3/c1-25(2,3)14-15-10-19-18-12-16-6-4-5-7-17(16)13-20(18)24-26-9-8-22-27-21(11-15)23(19)28(22)24/h4-13H,14H2,1-3H3. The van der Waals surface area contributed by atoms with Crippen molar-refractivity contribution >= 4 is 49.3 Å². The number of aromatic nitrogens is 3. The zero-order valence-corrected chi connectivity index (χ0v) is 16.3. The summed E-state index contributed by atoms with van der Waals surface area (Å²) >= 11 is 0. The topological polar surface area (TPSA) is 30.2 Å². The van der Waals surface area contributed by atoms with Crippen LogP contribution in [-0.4, -0.2) is 14.4 Å². The molecule has 0 fully saturated rings. The Morgan fingerprint density at radius 1 is 0.857 bits per heavy atom. The average Bonchev–Trinajstić information content (AvgIpc) is 3.03. The molecular weight excluding hydrogens is 342 g/mol. The van der Waals surface area contributed by atoms with E-state index in [1.54, 1.807) is 0 Å². The monoisotopic (exact) mass is 363 g/mol. The van der Waals surface area contributed by atoms with Gasteiger partial charge in [-0.05, 0) is 63.9 Å². The molecule has 136 valence electrons. The maximum atomic E-state index is 4.94. The van der Waals surface area contributed by atoms with Gasteiger partial charge in [-0.1, -0.05) is 45.0 Å². The Kier molecular flexibility index (Phi) is 2.94. The van der Waals surface area contributed by atoms with Crippen LogP contribution in [0.3, 0.4) is 0 Å². The highest BCUT2D eigenvalue weighted by Gasteiger charge is 2.19. The second-order valence-corrected chi connectivity index (χ2v) is 9.07. The number of hydrogen-bond acceptors (Lipinski definition) is 2. The van der Waals surface area contributed by atoms with Gasteiger partial charge in [-0.15, -0.1) is 0 Å². The van der Waals surface area contributed by atoms with E-state index in [4.69, 9.17) is 9.97 Å². The van der Waals surface area contributed by atoms with Crippen molar-refractivity contribution in [1.82, 2.24) is 14.4 Å². The smallest absolute Gasteiger partial charge is 0.146 e. The molecule has 3 nitrogen and oxygen atoms in total. The molecule has 0 spiro atoms. The van der Waals surface area contributed by atoms with E-state index in [2.05, 4.69) is 73.7 Å². The van der Waals surface area contributed by atoms with Gasteiger partial charge in [0.1, 0.15) is 11.3 Å². The van der Waals surface area contributed by atoms with E-state index in [1.165, 1.54) is 38.0 Å². The fourth-order valence-electron chi connectivity index (χ4n) is 4.60. The Morgan fingerprint density at radius 3 is 2.36 bits per heavy atom. The molecule has 0 aliphatic rings. The molecule has 3 aromatic heterocycles. The highest BCUT2D eigenvalue weighted by atomic mass is 15.1. The molecule has 0 saturated heterocycles. The number of rotatable bonds is 1. The van der Waals surface area contributed by atoms with Gasteiger partial charge in [0.25, 0.3) is 0 Å². The van der Waals surface area contributed by atoms with Gasteiger partial charge in [0.2, 0.25) is 0 Å². The normalized spacial score (nSPS) is 13.0. The van der Waals surface area contributed by atoms with Crippen LogP contribution in [0.15, 0.2) is 60.8 Å². The molecule has 0 bridgehead atoms. The first kappa shape index (κ1) is 15.8. The van der Waals surface area contributed by atoms with Crippen molar-refractivity contribution in [1.29, 1.82) is 0 Å². The van der Waals surface area contributed by atoms with Gasteiger partial charge in [0, 0.05) is 17.0 Å². The van der Waals surface area contributed by atoms with Crippen molar-refractivity contribution in [3.05, 3.63) is 66.4 Å². The molecular formula is C25H21N3. The highest BCUT2D eigenvalue weighted by Crippen LogP contribution is 2.37. The van der Waals surface area contributed by atoms with Crippen LogP contribution >= 0.6 is 0 Å². The molecule has 3 heterocycles. The molecule has 0 radical (unpaired) electrons. The van der Waals surface area contributed by atoms with Crippen LogP contribution in [0.25, 0.3) is 49.3 Å². The van der Waals surface area contributed by atoms with Crippen LogP contribution in [0.5, 0.6) is 0 Å². The lowest BCUT2D eigenvalue weighted by Gasteiger charge is -2.19. The molecule has 0 aliphatic heterocycles. The minimum Gasteiger partial charge on any atom is -0.276 e. The summed E-state index contributed by atoms with van der Waals surface area (Å²) in [6.07, 6.45) is 2.90. The molecule has 3 heteroatoms. The van der Waals surface area contributed by atoms with Gasteiger partial charge in [0.05, 0.1) is 11.0 Å². The Morgan fingerprint density at radius 2 is 1.61 bits per heavy atom. The minimum atomic E-state index is 0.229. The van der Waals surface area contributed by atoms with Crippen molar-refractivity contribution in [3.63, 3.8) is 0 Å². The number of hydrogen-bond donors (Lipinski definition) is 0. The molecule has 3 aromatic carbocycles. The lowest BCUT2D eigenvalue weighted by Crippen LogP contribution is -2.09. The number of pyridine rings is 1. The summed E-state index contributed by atoms with van der Waals surface area (Å²) in [6.45, 7) is 6.86. The first-order chi connectivity index (χ1) is 13.5. The highest BCUT2D eigenvalue weighted by molar-refractivity contribution is 6.19. The van der Waals surface area contributed by atoms with E-state index < -0.39 is 0 Å². The van der Waals surface area contributed by atoms with Gasteiger partial charge in [-0.25, -0.2) is 9.97 Å². The van der Waals surface area contributed by atoms with Gasteiger partial charge in [0.15, 0.2) is 0 Å². The lowest BCUT2D eigenvalue weighted by atomic mass is 9.87. The molecule has 0 saturated carbocycles. The van der Waals surface area contributed by atoms with Crippen LogP contribution < -0.4 is 0 Å². The zero-order chi connectivity index (χ0) is 19.0. The molecule has 0 unspecified atom stereocenters. The van der Waals surface area contributed by atoms with Crippen LogP contribution in [-0.2, 0) is 6.42 Å². The third-order valence-corrected chi connectivity index (χ3v) is 5.62. The van der Waals surface area contributed by atoms with Gasteiger partial charge in [-0.3, -0.25) is 4.40 Å².